The molecule has 1 aliphatic heterocycles. The Kier molecular flexibility index (Phi) is 5.23. The summed E-state index contributed by atoms with van der Waals surface area (Å²) in [4.78, 5) is 0. The van der Waals surface area contributed by atoms with Crippen LogP contribution in [0.1, 0.15) is 25.5 Å². The maximum absolute atomic E-state index is 10.2. The zero-order valence-electron chi connectivity index (χ0n) is 12.0. The van der Waals surface area contributed by atoms with Crippen molar-refractivity contribution in [1.82, 2.24) is 5.32 Å². The van der Waals surface area contributed by atoms with Crippen LogP contribution in [0.2, 0.25) is 0 Å². The molecule has 5 heteroatoms. The fourth-order valence-electron chi connectivity index (χ4n) is 2.04. The maximum Gasteiger partial charge on any atom is 0.161 e. The van der Waals surface area contributed by atoms with Crippen molar-refractivity contribution in [3.05, 3.63) is 23.8 Å². The Morgan fingerprint density at radius 2 is 1.90 bits per heavy atom. The lowest BCUT2D eigenvalue weighted by Gasteiger charge is -2.23. The summed E-state index contributed by atoms with van der Waals surface area (Å²) >= 11 is 0. The van der Waals surface area contributed by atoms with Gasteiger partial charge >= 0.3 is 0 Å². The van der Waals surface area contributed by atoms with Gasteiger partial charge < -0.3 is 25.0 Å². The summed E-state index contributed by atoms with van der Waals surface area (Å²) in [6, 6.07) is 5.64. The predicted octanol–water partition coefficient (Wildman–Crippen LogP) is 1.10. The van der Waals surface area contributed by atoms with Crippen LogP contribution < -0.4 is 14.8 Å². The fraction of sp³-hybridized carbons (Fsp3) is 0.600. The standard InChI is InChI=1S/C15H23NO4/c1-10(9-17)11(2)16-8-13(18)12-3-4-14-15(7-12)20-6-5-19-14/h3-4,7,10-11,13,16-18H,5-6,8-9H2,1-2H3. The first-order chi connectivity index (χ1) is 9.61. The molecule has 0 bridgehead atoms. The molecule has 0 aliphatic carbocycles. The van der Waals surface area contributed by atoms with Gasteiger partial charge in [-0.15, -0.1) is 0 Å². The van der Waals surface area contributed by atoms with E-state index in [4.69, 9.17) is 14.6 Å². The highest BCUT2D eigenvalue weighted by Crippen LogP contribution is 2.32. The molecule has 0 fully saturated rings. The van der Waals surface area contributed by atoms with E-state index < -0.39 is 6.10 Å². The largest absolute Gasteiger partial charge is 0.486 e. The summed E-state index contributed by atoms with van der Waals surface area (Å²) < 4.78 is 11.0. The van der Waals surface area contributed by atoms with Crippen molar-refractivity contribution in [3.63, 3.8) is 0 Å². The normalized spacial score (nSPS) is 18.4. The molecular weight excluding hydrogens is 258 g/mol. The second-order valence-electron chi connectivity index (χ2n) is 5.28. The first kappa shape index (κ1) is 15.1. The lowest BCUT2D eigenvalue weighted by atomic mass is 10.0. The van der Waals surface area contributed by atoms with Gasteiger partial charge in [-0.3, -0.25) is 0 Å². The van der Waals surface area contributed by atoms with Gasteiger partial charge in [-0.25, -0.2) is 0 Å². The average molecular weight is 281 g/mol. The van der Waals surface area contributed by atoms with Gasteiger partial charge in [-0.05, 0) is 30.5 Å². The third-order valence-electron chi connectivity index (χ3n) is 3.73. The molecule has 112 valence electrons. The Balaban J connectivity index is 1.94. The fourth-order valence-corrected chi connectivity index (χ4v) is 2.04. The highest BCUT2D eigenvalue weighted by Gasteiger charge is 2.17. The predicted molar refractivity (Wildman–Crippen MR) is 76.1 cm³/mol. The number of fused-ring (bicyclic) bond motifs is 1. The molecule has 20 heavy (non-hydrogen) atoms. The minimum absolute atomic E-state index is 0.133. The van der Waals surface area contributed by atoms with E-state index in [2.05, 4.69) is 5.32 Å². The second-order valence-corrected chi connectivity index (χ2v) is 5.28. The first-order valence-electron chi connectivity index (χ1n) is 7.03. The molecule has 0 aromatic heterocycles. The van der Waals surface area contributed by atoms with E-state index in [1.165, 1.54) is 0 Å². The Bertz CT molecular complexity index is 438. The molecule has 0 spiro atoms. The smallest absolute Gasteiger partial charge is 0.161 e. The SMILES string of the molecule is CC(CO)C(C)NCC(O)c1ccc2c(c1)OCCO2. The van der Waals surface area contributed by atoms with Crippen molar-refractivity contribution in [2.24, 2.45) is 5.92 Å². The van der Waals surface area contributed by atoms with Gasteiger partial charge in [0.1, 0.15) is 13.2 Å². The van der Waals surface area contributed by atoms with Crippen LogP contribution in [0.5, 0.6) is 11.5 Å². The Morgan fingerprint density at radius 1 is 1.20 bits per heavy atom. The van der Waals surface area contributed by atoms with Crippen molar-refractivity contribution >= 4 is 0 Å². The van der Waals surface area contributed by atoms with E-state index in [9.17, 15) is 5.11 Å². The van der Waals surface area contributed by atoms with Crippen molar-refractivity contribution in [3.8, 4) is 11.5 Å². The number of ether oxygens (including phenoxy) is 2. The Labute approximate surface area is 119 Å². The summed E-state index contributed by atoms with van der Waals surface area (Å²) in [5.74, 6) is 1.56. The van der Waals surface area contributed by atoms with Gasteiger partial charge in [-0.2, -0.15) is 0 Å². The van der Waals surface area contributed by atoms with Gasteiger partial charge in [-0.1, -0.05) is 13.0 Å². The molecule has 3 N–H and O–H groups in total. The first-order valence-corrected chi connectivity index (χ1v) is 7.03. The van der Waals surface area contributed by atoms with Crippen LogP contribution in [0.4, 0.5) is 0 Å². The number of hydrogen-bond acceptors (Lipinski definition) is 5. The maximum atomic E-state index is 10.2. The highest BCUT2D eigenvalue weighted by atomic mass is 16.6. The number of hydrogen-bond donors (Lipinski definition) is 3. The van der Waals surface area contributed by atoms with Crippen LogP contribution in [0.15, 0.2) is 18.2 Å². The third kappa shape index (κ3) is 3.62. The minimum atomic E-state index is -0.612. The van der Waals surface area contributed by atoms with Crippen LogP contribution in [0, 0.1) is 5.92 Å². The number of rotatable bonds is 6. The van der Waals surface area contributed by atoms with E-state index in [1.54, 1.807) is 0 Å². The molecule has 1 aromatic carbocycles. The van der Waals surface area contributed by atoms with Crippen molar-refractivity contribution < 1.29 is 19.7 Å². The summed E-state index contributed by atoms with van der Waals surface area (Å²) in [7, 11) is 0. The van der Waals surface area contributed by atoms with E-state index >= 15 is 0 Å². The topological polar surface area (TPSA) is 71.0 Å². The minimum Gasteiger partial charge on any atom is -0.486 e. The molecule has 1 aromatic rings. The number of nitrogens with one attached hydrogen (secondary N) is 1. The molecule has 0 amide bonds. The summed E-state index contributed by atoms with van der Waals surface area (Å²) in [5.41, 5.74) is 0.797. The van der Waals surface area contributed by atoms with Gasteiger partial charge in [0, 0.05) is 19.2 Å². The number of benzene rings is 1. The summed E-state index contributed by atoms with van der Waals surface area (Å²) in [6.07, 6.45) is -0.612. The third-order valence-corrected chi connectivity index (χ3v) is 3.73. The van der Waals surface area contributed by atoms with Crippen LogP contribution in [-0.2, 0) is 0 Å². The lowest BCUT2D eigenvalue weighted by Crippen LogP contribution is -2.36. The molecular formula is C15H23NO4. The molecule has 5 nitrogen and oxygen atoms in total. The van der Waals surface area contributed by atoms with Crippen LogP contribution in [0.3, 0.4) is 0 Å². The number of aliphatic hydroxyl groups excluding tert-OH is 2. The van der Waals surface area contributed by atoms with Crippen molar-refractivity contribution in [1.29, 1.82) is 0 Å². The molecule has 0 saturated carbocycles. The molecule has 0 saturated heterocycles. The molecule has 3 atom stereocenters. The highest BCUT2D eigenvalue weighted by molar-refractivity contribution is 5.44. The van der Waals surface area contributed by atoms with E-state index in [-0.39, 0.29) is 18.6 Å². The van der Waals surface area contributed by atoms with Crippen LogP contribution in [0.25, 0.3) is 0 Å². The quantitative estimate of drug-likeness (QED) is 0.728. The summed E-state index contributed by atoms with van der Waals surface area (Å²) in [6.45, 7) is 5.63. The van der Waals surface area contributed by atoms with Crippen molar-refractivity contribution in [2.45, 2.75) is 26.0 Å². The lowest BCUT2D eigenvalue weighted by molar-refractivity contribution is 0.151. The second kappa shape index (κ2) is 6.92. The van der Waals surface area contributed by atoms with Gasteiger partial charge in [0.05, 0.1) is 6.10 Å². The van der Waals surface area contributed by atoms with E-state index in [1.807, 2.05) is 32.0 Å². The van der Waals surface area contributed by atoms with Crippen LogP contribution >= 0.6 is 0 Å². The Morgan fingerprint density at radius 3 is 2.60 bits per heavy atom. The molecule has 1 heterocycles. The van der Waals surface area contributed by atoms with Gasteiger partial charge in [0.25, 0.3) is 0 Å². The zero-order valence-corrected chi connectivity index (χ0v) is 12.0. The van der Waals surface area contributed by atoms with Crippen LogP contribution in [-0.4, -0.2) is 42.6 Å². The Hall–Kier alpha value is -1.30. The van der Waals surface area contributed by atoms with E-state index in [0.717, 1.165) is 11.3 Å². The average Bonchev–Trinajstić information content (AvgIpc) is 2.50. The zero-order chi connectivity index (χ0) is 14.5. The molecule has 3 unspecified atom stereocenters. The van der Waals surface area contributed by atoms with Gasteiger partial charge in [0.15, 0.2) is 11.5 Å². The van der Waals surface area contributed by atoms with E-state index in [0.29, 0.717) is 25.5 Å². The van der Waals surface area contributed by atoms with Gasteiger partial charge in [0.2, 0.25) is 0 Å². The molecule has 1 aliphatic rings. The monoisotopic (exact) mass is 281 g/mol. The number of aliphatic hydroxyl groups is 2. The molecule has 2 rings (SSSR count). The summed E-state index contributed by atoms with van der Waals surface area (Å²) in [5, 5.41) is 22.5. The van der Waals surface area contributed by atoms with Crippen molar-refractivity contribution in [2.75, 3.05) is 26.4 Å². The molecule has 0 radical (unpaired) electrons.